The van der Waals surface area contributed by atoms with Crippen molar-refractivity contribution in [1.82, 2.24) is 0 Å². The van der Waals surface area contributed by atoms with Crippen molar-refractivity contribution < 1.29 is 17.6 Å². The molecule has 0 nitrogen and oxygen atoms in total. The van der Waals surface area contributed by atoms with Crippen LogP contribution in [-0.4, -0.2) is 0 Å². The van der Waals surface area contributed by atoms with Crippen LogP contribution in [0.15, 0.2) is 26.4 Å². The highest BCUT2D eigenvalue weighted by atomic mass is 79.9. The van der Waals surface area contributed by atoms with Gasteiger partial charge in [0, 0.05) is 16.5 Å². The van der Waals surface area contributed by atoms with Crippen LogP contribution in [0.3, 0.4) is 0 Å². The number of halogens is 5. The normalized spacial score (nSPS) is 22.6. The number of thiol groups is 3. The average Bonchev–Trinajstić information content (AvgIpc) is 2.32. The van der Waals surface area contributed by atoms with Gasteiger partial charge in [0.25, 0.3) is 0 Å². The third-order valence-electron chi connectivity index (χ3n) is 2.80. The Bertz CT molecular complexity index is 628. The van der Waals surface area contributed by atoms with Gasteiger partial charge < -0.3 is 0 Å². The number of rotatable bonds is 1. The van der Waals surface area contributed by atoms with Gasteiger partial charge in [-0.15, -0.1) is 25.3 Å². The monoisotopic (exact) mass is 402 g/mol. The lowest BCUT2D eigenvalue weighted by Gasteiger charge is -2.30. The molecule has 0 fully saturated rings. The number of hydrogen-bond acceptors (Lipinski definition) is 3. The Morgan fingerprint density at radius 2 is 1.50 bits per heavy atom. The van der Waals surface area contributed by atoms with Gasteiger partial charge in [-0.25, -0.2) is 17.6 Å². The highest BCUT2D eigenvalue weighted by molar-refractivity contribution is 9.11. The molecule has 0 bridgehead atoms. The molecule has 8 heteroatoms. The first-order valence-corrected chi connectivity index (χ1v) is 7.36. The van der Waals surface area contributed by atoms with Gasteiger partial charge in [0.1, 0.15) is 0 Å². The maximum atomic E-state index is 14.0. The first-order valence-electron chi connectivity index (χ1n) is 5.23. The lowest BCUT2D eigenvalue weighted by Crippen LogP contribution is -2.24. The standard InChI is InChI=1S/C12H7BrF4S3/c13-4-1-5(18)3-12(20,2-4)6-7(14)9(16)11(19)10(17)8(6)15/h1-2,18-20H,3H2. The molecule has 1 unspecified atom stereocenters. The van der Waals surface area contributed by atoms with Crippen LogP contribution in [0.1, 0.15) is 12.0 Å². The van der Waals surface area contributed by atoms with E-state index in [2.05, 4.69) is 53.8 Å². The summed E-state index contributed by atoms with van der Waals surface area (Å²) in [4.78, 5) is -0.537. The van der Waals surface area contributed by atoms with Crippen molar-refractivity contribution in [3.8, 4) is 0 Å². The third kappa shape index (κ3) is 2.67. The van der Waals surface area contributed by atoms with E-state index in [0.29, 0.717) is 9.39 Å². The van der Waals surface area contributed by atoms with Crippen molar-refractivity contribution in [3.05, 3.63) is 50.4 Å². The van der Waals surface area contributed by atoms with Crippen molar-refractivity contribution in [2.75, 3.05) is 0 Å². The second-order valence-electron chi connectivity index (χ2n) is 4.25. The smallest absolute Gasteiger partial charge is 0.175 e. The van der Waals surface area contributed by atoms with Crippen LogP contribution < -0.4 is 0 Å². The fourth-order valence-electron chi connectivity index (χ4n) is 1.97. The summed E-state index contributed by atoms with van der Waals surface area (Å²) in [5.74, 6) is -6.11. The summed E-state index contributed by atoms with van der Waals surface area (Å²) in [6.45, 7) is 0. The summed E-state index contributed by atoms with van der Waals surface area (Å²) in [6, 6.07) is 0. The Kier molecular flexibility index (Phi) is 4.59. The molecule has 108 valence electrons. The molecule has 1 aromatic carbocycles. The zero-order chi connectivity index (χ0) is 15.2. The van der Waals surface area contributed by atoms with E-state index in [1.807, 2.05) is 0 Å². The summed E-state index contributed by atoms with van der Waals surface area (Å²) in [7, 11) is 0. The van der Waals surface area contributed by atoms with Gasteiger partial charge in [0.15, 0.2) is 23.3 Å². The Labute approximate surface area is 137 Å². The lowest BCUT2D eigenvalue weighted by molar-refractivity contribution is 0.405. The minimum Gasteiger partial charge on any atom is -0.203 e. The molecule has 0 amide bonds. The molecule has 0 aliphatic heterocycles. The van der Waals surface area contributed by atoms with E-state index >= 15 is 0 Å². The van der Waals surface area contributed by atoms with E-state index in [0.717, 1.165) is 0 Å². The number of hydrogen-bond donors (Lipinski definition) is 3. The van der Waals surface area contributed by atoms with Crippen LogP contribution in [0.4, 0.5) is 17.6 Å². The largest absolute Gasteiger partial charge is 0.203 e. The fraction of sp³-hybridized carbons (Fsp3) is 0.167. The van der Waals surface area contributed by atoms with E-state index < -0.39 is 38.5 Å². The van der Waals surface area contributed by atoms with Gasteiger partial charge in [0.2, 0.25) is 0 Å². The molecule has 1 aliphatic carbocycles. The summed E-state index contributed by atoms with van der Waals surface area (Å²) in [5, 5.41) is 0. The quantitative estimate of drug-likeness (QED) is 0.322. The number of benzene rings is 1. The molecule has 2 rings (SSSR count). The predicted octanol–water partition coefficient (Wildman–Crippen LogP) is 5.15. The summed E-state index contributed by atoms with van der Waals surface area (Å²) in [6.07, 6.45) is 2.95. The zero-order valence-corrected chi connectivity index (χ0v) is 13.9. The van der Waals surface area contributed by atoms with E-state index in [-0.39, 0.29) is 6.42 Å². The molecule has 0 heterocycles. The zero-order valence-electron chi connectivity index (χ0n) is 9.59. The molecule has 1 aliphatic rings. The van der Waals surface area contributed by atoms with Crippen LogP contribution in [0.25, 0.3) is 0 Å². The van der Waals surface area contributed by atoms with Gasteiger partial charge in [-0.2, -0.15) is 12.6 Å². The molecule has 0 N–H and O–H groups in total. The molecule has 0 aromatic heterocycles. The Morgan fingerprint density at radius 1 is 1.00 bits per heavy atom. The van der Waals surface area contributed by atoms with Crippen molar-refractivity contribution in [1.29, 1.82) is 0 Å². The van der Waals surface area contributed by atoms with E-state index in [1.165, 1.54) is 6.08 Å². The molecule has 1 atom stereocenters. The first kappa shape index (κ1) is 16.3. The summed E-state index contributed by atoms with van der Waals surface area (Å²) >= 11 is 14.9. The van der Waals surface area contributed by atoms with Crippen LogP contribution in [0, 0.1) is 23.3 Å². The Morgan fingerprint density at radius 3 is 1.95 bits per heavy atom. The SMILES string of the molecule is Fc1c(F)c(C2(S)C=C(Br)C=C(S)C2)c(F)c(F)c1S. The van der Waals surface area contributed by atoms with Gasteiger partial charge >= 0.3 is 0 Å². The third-order valence-corrected chi connectivity index (χ3v) is 4.45. The molecular weight excluding hydrogens is 396 g/mol. The predicted molar refractivity (Wildman–Crippen MR) is 82.9 cm³/mol. The minimum absolute atomic E-state index is 0.00698. The summed E-state index contributed by atoms with van der Waals surface area (Å²) < 4.78 is 54.1. The second-order valence-corrected chi connectivity index (χ2v) is 6.98. The molecule has 0 spiro atoms. The second kappa shape index (κ2) is 5.62. The molecule has 0 saturated heterocycles. The molecule has 20 heavy (non-hydrogen) atoms. The minimum atomic E-state index is -1.55. The average molecular weight is 403 g/mol. The lowest BCUT2D eigenvalue weighted by atomic mass is 9.90. The van der Waals surface area contributed by atoms with Gasteiger partial charge in [-0.05, 0) is 17.1 Å². The highest BCUT2D eigenvalue weighted by Gasteiger charge is 2.38. The topological polar surface area (TPSA) is 0 Å². The Hall–Kier alpha value is -0.0500. The van der Waals surface area contributed by atoms with Gasteiger partial charge in [-0.3, -0.25) is 0 Å². The Balaban J connectivity index is 2.74. The van der Waals surface area contributed by atoms with Crippen LogP contribution in [0.5, 0.6) is 0 Å². The van der Waals surface area contributed by atoms with Crippen molar-refractivity contribution in [2.45, 2.75) is 16.1 Å². The van der Waals surface area contributed by atoms with Crippen molar-refractivity contribution in [3.63, 3.8) is 0 Å². The van der Waals surface area contributed by atoms with E-state index in [1.54, 1.807) is 6.08 Å². The number of allylic oxidation sites excluding steroid dienone is 3. The maximum absolute atomic E-state index is 14.0. The summed E-state index contributed by atoms with van der Waals surface area (Å²) in [5.41, 5.74) is -0.801. The molecule has 0 saturated carbocycles. The molecule has 1 aromatic rings. The fourth-order valence-corrected chi connectivity index (χ4v) is 4.20. The van der Waals surface area contributed by atoms with Crippen molar-refractivity contribution >= 4 is 53.8 Å². The maximum Gasteiger partial charge on any atom is 0.175 e. The van der Waals surface area contributed by atoms with Crippen LogP contribution in [0.2, 0.25) is 0 Å². The van der Waals surface area contributed by atoms with E-state index in [9.17, 15) is 17.6 Å². The highest BCUT2D eigenvalue weighted by Crippen LogP contribution is 2.46. The van der Waals surface area contributed by atoms with Crippen LogP contribution in [-0.2, 0) is 4.75 Å². The first-order chi connectivity index (χ1) is 9.17. The van der Waals surface area contributed by atoms with Gasteiger partial charge in [0.05, 0.1) is 9.64 Å². The molecular formula is C12H7BrF4S3. The van der Waals surface area contributed by atoms with Crippen molar-refractivity contribution in [2.24, 2.45) is 0 Å². The van der Waals surface area contributed by atoms with Gasteiger partial charge in [-0.1, -0.05) is 15.9 Å². The molecule has 0 radical (unpaired) electrons. The van der Waals surface area contributed by atoms with E-state index in [4.69, 9.17) is 0 Å². The van der Waals surface area contributed by atoms with Crippen LogP contribution >= 0.6 is 53.8 Å².